The molecule has 1 heterocycles. The molecule has 2 atom stereocenters. The average molecular weight is 402 g/mol. The van der Waals surface area contributed by atoms with Crippen LogP contribution in [-0.2, 0) is 20.9 Å². The van der Waals surface area contributed by atoms with Crippen molar-refractivity contribution in [3.63, 3.8) is 0 Å². The summed E-state index contributed by atoms with van der Waals surface area (Å²) in [5, 5.41) is 12.1. The van der Waals surface area contributed by atoms with Gasteiger partial charge in [0.15, 0.2) is 0 Å². The molecule has 0 spiro atoms. The first-order valence-corrected chi connectivity index (χ1v) is 10.5. The van der Waals surface area contributed by atoms with Gasteiger partial charge in [-0.2, -0.15) is 0 Å². The van der Waals surface area contributed by atoms with E-state index in [2.05, 4.69) is 5.32 Å². The van der Waals surface area contributed by atoms with Gasteiger partial charge < -0.3 is 20.1 Å². The number of ether oxygens (including phenoxy) is 1. The second-order valence-corrected chi connectivity index (χ2v) is 8.03. The normalized spacial score (nSPS) is 20.8. The Morgan fingerprint density at radius 3 is 2.48 bits per heavy atom. The minimum Gasteiger partial charge on any atom is -0.480 e. The molecule has 2 amide bonds. The van der Waals surface area contributed by atoms with Gasteiger partial charge in [0, 0.05) is 6.54 Å². The second-order valence-electron chi connectivity index (χ2n) is 8.03. The standard InChI is InChI=1S/C22H30N2O5/c25-20(24-13-7-12-19(24)21(26)27)18(14-16-8-3-1-4-9-16)23-22(28)29-15-17-10-5-2-6-11-17/h2,5-6,10-11,16,18-19H,1,3-4,7-9,12-15H2,(H,23,28)(H,26,27)/t18-,19-/m0/s1. The fourth-order valence-corrected chi connectivity index (χ4v) is 4.37. The average Bonchev–Trinajstić information content (AvgIpc) is 3.23. The minimum atomic E-state index is -0.987. The van der Waals surface area contributed by atoms with Crippen LogP contribution in [0.4, 0.5) is 4.79 Å². The molecule has 158 valence electrons. The number of amides is 2. The summed E-state index contributed by atoms with van der Waals surface area (Å²) < 4.78 is 5.30. The summed E-state index contributed by atoms with van der Waals surface area (Å²) in [4.78, 5) is 38.4. The van der Waals surface area contributed by atoms with Crippen molar-refractivity contribution >= 4 is 18.0 Å². The molecule has 0 aromatic heterocycles. The van der Waals surface area contributed by atoms with Crippen LogP contribution >= 0.6 is 0 Å². The van der Waals surface area contributed by atoms with Crippen LogP contribution in [0.2, 0.25) is 0 Å². The molecular weight excluding hydrogens is 372 g/mol. The first kappa shape index (κ1) is 21.1. The quantitative estimate of drug-likeness (QED) is 0.729. The molecular formula is C22H30N2O5. The molecule has 1 saturated carbocycles. The van der Waals surface area contributed by atoms with E-state index in [0.717, 1.165) is 31.2 Å². The third-order valence-electron chi connectivity index (χ3n) is 5.92. The van der Waals surface area contributed by atoms with Gasteiger partial charge in [-0.25, -0.2) is 9.59 Å². The van der Waals surface area contributed by atoms with Crippen molar-refractivity contribution < 1.29 is 24.2 Å². The number of likely N-dealkylation sites (tertiary alicyclic amines) is 1. The van der Waals surface area contributed by atoms with Crippen LogP contribution < -0.4 is 5.32 Å². The molecule has 7 heteroatoms. The van der Waals surface area contributed by atoms with Crippen molar-refractivity contribution in [2.24, 2.45) is 5.92 Å². The number of alkyl carbamates (subject to hydrolysis) is 1. The monoisotopic (exact) mass is 402 g/mol. The zero-order chi connectivity index (χ0) is 20.6. The molecule has 3 rings (SSSR count). The van der Waals surface area contributed by atoms with E-state index in [1.807, 2.05) is 30.3 Å². The highest BCUT2D eigenvalue weighted by Gasteiger charge is 2.38. The summed E-state index contributed by atoms with van der Waals surface area (Å²) in [6.07, 6.45) is 6.54. The number of rotatable bonds is 7. The third-order valence-corrected chi connectivity index (χ3v) is 5.92. The Balaban J connectivity index is 1.64. The highest BCUT2D eigenvalue weighted by molar-refractivity contribution is 5.89. The van der Waals surface area contributed by atoms with Gasteiger partial charge in [0.2, 0.25) is 5.91 Å². The number of benzene rings is 1. The number of nitrogens with one attached hydrogen (secondary N) is 1. The van der Waals surface area contributed by atoms with Gasteiger partial charge in [0.05, 0.1) is 0 Å². The van der Waals surface area contributed by atoms with Crippen LogP contribution in [-0.4, -0.2) is 46.6 Å². The Hall–Kier alpha value is -2.57. The highest BCUT2D eigenvalue weighted by Crippen LogP contribution is 2.29. The molecule has 1 aromatic carbocycles. The van der Waals surface area contributed by atoms with E-state index in [1.54, 1.807) is 0 Å². The van der Waals surface area contributed by atoms with Crippen molar-refractivity contribution in [1.29, 1.82) is 0 Å². The van der Waals surface area contributed by atoms with Crippen molar-refractivity contribution in [1.82, 2.24) is 10.2 Å². The van der Waals surface area contributed by atoms with E-state index in [4.69, 9.17) is 4.74 Å². The van der Waals surface area contributed by atoms with Crippen LogP contribution in [0, 0.1) is 5.92 Å². The SMILES string of the molecule is O=C(N[C@@H](CC1CCCCC1)C(=O)N1CCC[C@H]1C(=O)O)OCc1ccccc1. The topological polar surface area (TPSA) is 95.9 Å². The third kappa shape index (κ3) is 5.95. The zero-order valence-electron chi connectivity index (χ0n) is 16.7. The Morgan fingerprint density at radius 2 is 1.79 bits per heavy atom. The first-order chi connectivity index (χ1) is 14.0. The summed E-state index contributed by atoms with van der Waals surface area (Å²) in [6.45, 7) is 0.538. The number of nitrogens with zero attached hydrogens (tertiary/aromatic N) is 1. The van der Waals surface area contributed by atoms with E-state index >= 15 is 0 Å². The predicted octanol–water partition coefficient (Wildman–Crippen LogP) is 3.33. The van der Waals surface area contributed by atoms with Crippen LogP contribution in [0.15, 0.2) is 30.3 Å². The lowest BCUT2D eigenvalue weighted by Gasteiger charge is -2.30. The van der Waals surface area contributed by atoms with Crippen LogP contribution in [0.5, 0.6) is 0 Å². The van der Waals surface area contributed by atoms with Crippen molar-refractivity contribution in [3.8, 4) is 0 Å². The Morgan fingerprint density at radius 1 is 1.07 bits per heavy atom. The van der Waals surface area contributed by atoms with E-state index in [-0.39, 0.29) is 12.5 Å². The number of carbonyl (C=O) groups is 3. The number of hydrogen-bond donors (Lipinski definition) is 2. The molecule has 7 nitrogen and oxygen atoms in total. The van der Waals surface area contributed by atoms with Crippen molar-refractivity contribution in [2.75, 3.05) is 6.54 Å². The maximum Gasteiger partial charge on any atom is 0.408 e. The number of carboxylic acids is 1. The van der Waals surface area contributed by atoms with E-state index in [0.29, 0.717) is 31.7 Å². The maximum atomic E-state index is 13.1. The van der Waals surface area contributed by atoms with Crippen molar-refractivity contribution in [2.45, 2.75) is 70.1 Å². The molecule has 2 fully saturated rings. The Labute approximate surface area is 171 Å². The first-order valence-electron chi connectivity index (χ1n) is 10.5. The fraction of sp³-hybridized carbons (Fsp3) is 0.591. The smallest absolute Gasteiger partial charge is 0.408 e. The second kappa shape index (κ2) is 10.3. The summed E-state index contributed by atoms with van der Waals surface area (Å²) in [7, 11) is 0. The zero-order valence-corrected chi connectivity index (χ0v) is 16.7. The number of carboxylic acid groups (broad SMARTS) is 1. The molecule has 1 aromatic rings. The van der Waals surface area contributed by atoms with Gasteiger partial charge in [-0.05, 0) is 30.7 Å². The van der Waals surface area contributed by atoms with E-state index in [9.17, 15) is 19.5 Å². The molecule has 1 aliphatic carbocycles. The van der Waals surface area contributed by atoms with Gasteiger partial charge >= 0.3 is 12.1 Å². The lowest BCUT2D eigenvalue weighted by atomic mass is 9.84. The van der Waals surface area contributed by atoms with E-state index in [1.165, 1.54) is 11.3 Å². The van der Waals surface area contributed by atoms with Gasteiger partial charge in [0.25, 0.3) is 0 Å². The summed E-state index contributed by atoms with van der Waals surface area (Å²) in [6, 6.07) is 7.79. The molecule has 0 unspecified atom stereocenters. The van der Waals surface area contributed by atoms with Gasteiger partial charge in [-0.1, -0.05) is 62.4 Å². The molecule has 2 N–H and O–H groups in total. The van der Waals surface area contributed by atoms with Gasteiger partial charge in [0.1, 0.15) is 18.7 Å². The minimum absolute atomic E-state index is 0.123. The number of carbonyl (C=O) groups excluding carboxylic acids is 2. The lowest BCUT2D eigenvalue weighted by molar-refractivity contribution is -0.149. The molecule has 29 heavy (non-hydrogen) atoms. The molecule has 0 bridgehead atoms. The Bertz CT molecular complexity index is 702. The maximum absolute atomic E-state index is 13.1. The van der Waals surface area contributed by atoms with Crippen LogP contribution in [0.25, 0.3) is 0 Å². The lowest BCUT2D eigenvalue weighted by Crippen LogP contribution is -2.52. The highest BCUT2D eigenvalue weighted by atomic mass is 16.5. The van der Waals surface area contributed by atoms with E-state index < -0.39 is 24.1 Å². The molecule has 0 radical (unpaired) electrons. The largest absolute Gasteiger partial charge is 0.480 e. The van der Waals surface area contributed by atoms with Crippen molar-refractivity contribution in [3.05, 3.63) is 35.9 Å². The van der Waals surface area contributed by atoms with Gasteiger partial charge in [-0.15, -0.1) is 0 Å². The molecule has 2 aliphatic rings. The number of hydrogen-bond acceptors (Lipinski definition) is 4. The number of aliphatic carboxylic acids is 1. The van der Waals surface area contributed by atoms with Crippen LogP contribution in [0.3, 0.4) is 0 Å². The van der Waals surface area contributed by atoms with Crippen LogP contribution in [0.1, 0.15) is 56.9 Å². The summed E-state index contributed by atoms with van der Waals surface area (Å²) in [5.74, 6) is -0.936. The molecule has 1 saturated heterocycles. The van der Waals surface area contributed by atoms with Gasteiger partial charge in [-0.3, -0.25) is 4.79 Å². The summed E-state index contributed by atoms with van der Waals surface area (Å²) in [5.41, 5.74) is 0.864. The summed E-state index contributed by atoms with van der Waals surface area (Å²) >= 11 is 0. The molecule has 1 aliphatic heterocycles. The predicted molar refractivity (Wildman–Crippen MR) is 107 cm³/mol. The fourth-order valence-electron chi connectivity index (χ4n) is 4.37. The Kier molecular flexibility index (Phi) is 7.49.